The minimum Gasteiger partial charge on any atom is -0.462 e. The predicted molar refractivity (Wildman–Crippen MR) is 181 cm³/mol. The van der Waals surface area contributed by atoms with Gasteiger partial charge in [0.2, 0.25) is 0 Å². The molecule has 1 saturated carbocycles. The van der Waals surface area contributed by atoms with Gasteiger partial charge in [0.25, 0.3) is 0 Å². The fourth-order valence-electron chi connectivity index (χ4n) is 5.78. The third-order valence-corrected chi connectivity index (χ3v) is 9.03. The number of aliphatic hydroxyl groups is 3. The number of carbonyl (C=O) groups is 2. The molecule has 12 heteroatoms. The number of rotatable bonds is 28. The van der Waals surface area contributed by atoms with E-state index in [0.29, 0.717) is 38.5 Å². The van der Waals surface area contributed by atoms with Crippen LogP contribution < -0.4 is 0 Å². The molecule has 0 aromatic rings. The molecule has 0 aromatic heterocycles. The Hall–Kier alpha value is -1.59. The van der Waals surface area contributed by atoms with Crippen LogP contribution >= 0.6 is 7.82 Å². The average Bonchev–Trinajstić information content (AvgIpc) is 3.29. The predicted octanol–water partition coefficient (Wildman–Crippen LogP) is 6.44. The van der Waals surface area contributed by atoms with Gasteiger partial charge in [-0.15, -0.1) is 0 Å². The fourth-order valence-corrected chi connectivity index (χ4v) is 6.14. The van der Waals surface area contributed by atoms with E-state index in [1.807, 2.05) is 18.2 Å². The van der Waals surface area contributed by atoms with Gasteiger partial charge in [0, 0.05) is 25.2 Å². The molecule has 0 radical (unpaired) electrons. The molecule has 1 aliphatic rings. The van der Waals surface area contributed by atoms with Crippen molar-refractivity contribution in [1.29, 1.82) is 0 Å². The molecule has 0 heterocycles. The summed E-state index contributed by atoms with van der Waals surface area (Å²) in [5, 5.41) is 31.1. The van der Waals surface area contributed by atoms with Gasteiger partial charge in [-0.05, 0) is 38.0 Å². The number of phosphoric acid groups is 1. The average molecular weight is 691 g/mol. The lowest BCUT2D eigenvalue weighted by Gasteiger charge is -2.19. The van der Waals surface area contributed by atoms with Crippen molar-refractivity contribution in [3.05, 3.63) is 24.3 Å². The van der Waals surface area contributed by atoms with E-state index in [1.54, 1.807) is 6.08 Å². The Bertz CT molecular complexity index is 934. The third-order valence-electron chi connectivity index (χ3n) is 8.54. The van der Waals surface area contributed by atoms with Gasteiger partial charge < -0.3 is 34.6 Å². The quantitative estimate of drug-likeness (QED) is 0.0264. The Balaban J connectivity index is 2.39. The van der Waals surface area contributed by atoms with Gasteiger partial charge in [0.05, 0.1) is 24.9 Å². The highest BCUT2D eigenvalue weighted by molar-refractivity contribution is 7.46. The molecule has 0 bridgehead atoms. The smallest absolute Gasteiger partial charge is 0.462 e. The van der Waals surface area contributed by atoms with Gasteiger partial charge in [0.1, 0.15) is 6.61 Å². The number of esters is 2. The number of unbranched alkanes of at least 4 members (excludes halogenated alkanes) is 11. The van der Waals surface area contributed by atoms with Crippen molar-refractivity contribution in [2.24, 2.45) is 11.8 Å². The summed E-state index contributed by atoms with van der Waals surface area (Å²) in [6.45, 7) is 3.32. The van der Waals surface area contributed by atoms with Gasteiger partial charge in [-0.25, -0.2) is 4.57 Å². The van der Waals surface area contributed by atoms with E-state index in [2.05, 4.69) is 18.4 Å². The van der Waals surface area contributed by atoms with Crippen LogP contribution in [-0.4, -0.2) is 74.7 Å². The molecule has 0 saturated heterocycles. The maximum absolute atomic E-state index is 12.3. The maximum Gasteiger partial charge on any atom is 0.469 e. The second-order valence-electron chi connectivity index (χ2n) is 12.8. The van der Waals surface area contributed by atoms with E-state index in [1.165, 1.54) is 32.1 Å². The van der Waals surface area contributed by atoms with Crippen LogP contribution in [0.3, 0.4) is 0 Å². The first-order valence-corrected chi connectivity index (χ1v) is 19.4. The van der Waals surface area contributed by atoms with Crippen molar-refractivity contribution in [2.75, 3.05) is 13.2 Å². The molecule has 11 nitrogen and oxygen atoms in total. The number of allylic oxidation sites excluding steroid dienone is 2. The Morgan fingerprint density at radius 2 is 1.43 bits per heavy atom. The number of aliphatic hydroxyl groups excluding tert-OH is 3. The van der Waals surface area contributed by atoms with Crippen molar-refractivity contribution in [3.8, 4) is 0 Å². The fraction of sp³-hybridized carbons (Fsp3) is 0.829. The highest BCUT2D eigenvalue weighted by atomic mass is 31.2. The SMILES string of the molecule is CCCCCCCCCCCC(=O)O[C@H](COC(=O)CCC/C=C/C[C@@H]1[C@@H](/C=C/[C@@H](O)CCCCC)[C@H](O)C[C@@H]1O)COP(=O)(O)O. The van der Waals surface area contributed by atoms with Crippen molar-refractivity contribution < 1.29 is 53.3 Å². The minimum absolute atomic E-state index is 0.0921. The number of carbonyl (C=O) groups excluding carboxylic acids is 2. The largest absolute Gasteiger partial charge is 0.469 e. The van der Waals surface area contributed by atoms with Crippen molar-refractivity contribution >= 4 is 19.8 Å². The number of ether oxygens (including phenoxy) is 2. The molecule has 1 rings (SSSR count). The minimum atomic E-state index is -4.80. The lowest BCUT2D eigenvalue weighted by molar-refractivity contribution is -0.161. The molecule has 6 atom stereocenters. The van der Waals surface area contributed by atoms with Crippen LogP contribution in [0.5, 0.6) is 0 Å². The summed E-state index contributed by atoms with van der Waals surface area (Å²) >= 11 is 0. The van der Waals surface area contributed by atoms with E-state index < -0.39 is 50.8 Å². The zero-order valence-corrected chi connectivity index (χ0v) is 29.6. The first-order valence-electron chi connectivity index (χ1n) is 17.9. The van der Waals surface area contributed by atoms with Gasteiger partial charge >= 0.3 is 19.8 Å². The van der Waals surface area contributed by atoms with Gasteiger partial charge in [-0.2, -0.15) is 0 Å². The van der Waals surface area contributed by atoms with Gasteiger partial charge in [0.15, 0.2) is 6.10 Å². The second kappa shape index (κ2) is 26.3. The van der Waals surface area contributed by atoms with Crippen LogP contribution in [0.25, 0.3) is 0 Å². The number of hydrogen-bond acceptors (Lipinski definition) is 9. The molecule has 0 amide bonds. The van der Waals surface area contributed by atoms with Crippen molar-refractivity contribution in [1.82, 2.24) is 0 Å². The highest BCUT2D eigenvalue weighted by Gasteiger charge is 2.39. The molecule has 0 aromatic carbocycles. The molecule has 0 unspecified atom stereocenters. The summed E-state index contributed by atoms with van der Waals surface area (Å²) in [7, 11) is -4.80. The normalized spacial score (nSPS) is 21.4. The summed E-state index contributed by atoms with van der Waals surface area (Å²) in [6.07, 6.45) is 20.2. The summed E-state index contributed by atoms with van der Waals surface area (Å²) in [6, 6.07) is 0. The van der Waals surface area contributed by atoms with Crippen LogP contribution in [0.2, 0.25) is 0 Å². The topological polar surface area (TPSA) is 180 Å². The van der Waals surface area contributed by atoms with E-state index in [9.17, 15) is 29.5 Å². The Labute approximate surface area is 282 Å². The second-order valence-corrected chi connectivity index (χ2v) is 14.1. The lowest BCUT2D eigenvalue weighted by atomic mass is 9.89. The van der Waals surface area contributed by atoms with Crippen LogP contribution in [-0.2, 0) is 28.2 Å². The highest BCUT2D eigenvalue weighted by Crippen LogP contribution is 2.37. The Morgan fingerprint density at radius 3 is 2.09 bits per heavy atom. The summed E-state index contributed by atoms with van der Waals surface area (Å²) in [5.74, 6) is -1.48. The third kappa shape index (κ3) is 22.6. The molecule has 1 aliphatic carbocycles. The molecular weight excluding hydrogens is 627 g/mol. The van der Waals surface area contributed by atoms with Gasteiger partial charge in [-0.3, -0.25) is 14.1 Å². The molecule has 0 aliphatic heterocycles. The van der Waals surface area contributed by atoms with Crippen LogP contribution in [0.1, 0.15) is 136 Å². The lowest BCUT2D eigenvalue weighted by Crippen LogP contribution is -2.29. The van der Waals surface area contributed by atoms with Crippen molar-refractivity contribution in [2.45, 2.75) is 160 Å². The molecule has 1 fully saturated rings. The molecular formula is C35H63O11P. The van der Waals surface area contributed by atoms with Crippen LogP contribution in [0.15, 0.2) is 24.3 Å². The molecule has 0 spiro atoms. The van der Waals surface area contributed by atoms with E-state index in [4.69, 9.17) is 19.3 Å². The summed E-state index contributed by atoms with van der Waals surface area (Å²) < 4.78 is 26.2. The number of phosphoric ester groups is 1. The zero-order valence-electron chi connectivity index (χ0n) is 28.8. The van der Waals surface area contributed by atoms with Gasteiger partial charge in [-0.1, -0.05) is 109 Å². The van der Waals surface area contributed by atoms with Crippen LogP contribution in [0, 0.1) is 11.8 Å². The monoisotopic (exact) mass is 690 g/mol. The molecule has 274 valence electrons. The van der Waals surface area contributed by atoms with Crippen molar-refractivity contribution in [3.63, 3.8) is 0 Å². The molecule has 47 heavy (non-hydrogen) atoms. The first kappa shape index (κ1) is 43.4. The van der Waals surface area contributed by atoms with Crippen LogP contribution in [0.4, 0.5) is 0 Å². The van der Waals surface area contributed by atoms with E-state index >= 15 is 0 Å². The number of hydrogen-bond donors (Lipinski definition) is 5. The zero-order chi connectivity index (χ0) is 34.9. The van der Waals surface area contributed by atoms with E-state index in [0.717, 1.165) is 38.5 Å². The summed E-state index contributed by atoms with van der Waals surface area (Å²) in [5.41, 5.74) is 0. The van der Waals surface area contributed by atoms with E-state index in [-0.39, 0.29) is 31.3 Å². The Kier molecular flexibility index (Phi) is 24.3. The standard InChI is InChI=1S/C35H63O11P/c1-3-5-7-8-9-10-11-12-18-22-35(40)46-29(27-45-47(41,42)43)26-44-34(39)21-17-14-13-16-20-30-31(33(38)25-32(30)37)24-23-28(36)19-15-6-4-2/h13,16,23-24,28-33,36-38H,3-12,14-15,17-22,25-27H2,1-2H3,(H2,41,42,43)/b16-13+,24-23+/t28-,29+,30+,31+,32-,33+/m0/s1. The first-order chi connectivity index (χ1) is 22.5. The maximum atomic E-state index is 12.3. The summed E-state index contributed by atoms with van der Waals surface area (Å²) in [4.78, 5) is 42.7. The molecule has 5 N–H and O–H groups in total. The Morgan fingerprint density at radius 1 is 0.809 bits per heavy atom.